The molecule has 8 heavy (non-hydrogen) atoms. The summed E-state index contributed by atoms with van der Waals surface area (Å²) in [6, 6.07) is 5.87. The van der Waals surface area contributed by atoms with E-state index in [1.807, 2.05) is 18.2 Å². The van der Waals surface area contributed by atoms with Gasteiger partial charge >= 0.3 is 59.7 Å². The molecule has 0 saturated heterocycles. The molecule has 0 fully saturated rings. The van der Waals surface area contributed by atoms with E-state index in [-0.39, 0.29) is 0 Å². The second-order valence-electron chi connectivity index (χ2n) is 1.36. The van der Waals surface area contributed by atoms with Crippen molar-refractivity contribution in [1.29, 1.82) is 0 Å². The van der Waals surface area contributed by atoms with Gasteiger partial charge in [0.15, 0.2) is 0 Å². The Morgan fingerprint density at radius 3 is 2.75 bits per heavy atom. The topological polar surface area (TPSA) is 38.9 Å². The van der Waals surface area contributed by atoms with E-state index in [0.29, 0.717) is 0 Å². The average molecular weight is 273 g/mol. The van der Waals surface area contributed by atoms with Gasteiger partial charge in [0.1, 0.15) is 0 Å². The zero-order valence-electron chi connectivity index (χ0n) is 4.33. The zero-order valence-corrected chi connectivity index (χ0v) is 7.93. The third kappa shape index (κ3) is 1.49. The van der Waals surface area contributed by atoms with E-state index in [2.05, 4.69) is 4.98 Å². The number of hydrogen-bond donors (Lipinski definition) is 1. The van der Waals surface area contributed by atoms with Crippen molar-refractivity contribution in [2.45, 2.75) is 0 Å². The molecule has 40 valence electrons. The van der Waals surface area contributed by atoms with E-state index >= 15 is 0 Å². The zero-order chi connectivity index (χ0) is 5.82. The van der Waals surface area contributed by atoms with Crippen molar-refractivity contribution in [3.05, 3.63) is 24.4 Å². The van der Waals surface area contributed by atoms with Crippen LogP contribution in [0.5, 0.6) is 0 Å². The van der Waals surface area contributed by atoms with Crippen LogP contribution in [0.4, 0.5) is 0 Å². The first-order valence-corrected chi connectivity index (χ1v) is 6.18. The Labute approximate surface area is 59.9 Å². The maximum absolute atomic E-state index is 5.48. The first kappa shape index (κ1) is 6.11. The van der Waals surface area contributed by atoms with Gasteiger partial charge < -0.3 is 0 Å². The van der Waals surface area contributed by atoms with Crippen LogP contribution in [0.15, 0.2) is 24.4 Å². The maximum atomic E-state index is 5.48. The van der Waals surface area contributed by atoms with E-state index in [0.717, 1.165) is 3.45 Å². The molecule has 2 N–H and O–H groups in total. The molecule has 2 nitrogen and oxygen atoms in total. The van der Waals surface area contributed by atoms with Gasteiger partial charge in [-0.2, -0.15) is 0 Å². The molecule has 0 saturated carbocycles. The standard InChI is InChI=1S/C5H4N.Hf.H2N/c1-2-4-6-5-3-1;;/h1-4H;;1H2/q;+1;-1. The van der Waals surface area contributed by atoms with Gasteiger partial charge in [0, 0.05) is 0 Å². The van der Waals surface area contributed by atoms with Crippen LogP contribution in [0.2, 0.25) is 0 Å². The Hall–Kier alpha value is -0.0199. The summed E-state index contributed by atoms with van der Waals surface area (Å²) in [6.07, 6.45) is 1.79. The molecule has 0 atom stereocenters. The molecule has 0 amide bonds. The molecular weight excluding hydrogens is 267 g/mol. The summed E-state index contributed by atoms with van der Waals surface area (Å²) in [5.41, 5.74) is 0. The molecule has 0 spiro atoms. The van der Waals surface area contributed by atoms with Gasteiger partial charge in [-0.25, -0.2) is 0 Å². The van der Waals surface area contributed by atoms with Crippen molar-refractivity contribution in [2.24, 2.45) is 3.72 Å². The summed E-state index contributed by atoms with van der Waals surface area (Å²) in [5, 5.41) is 0. The predicted molar refractivity (Wildman–Crippen MR) is 28.1 cm³/mol. The molecule has 1 aromatic heterocycles. The quantitative estimate of drug-likeness (QED) is 0.711. The van der Waals surface area contributed by atoms with Crippen molar-refractivity contribution in [3.63, 3.8) is 0 Å². The number of hydrogen-bond acceptors (Lipinski definition) is 2. The molecule has 1 rings (SSSR count). The Morgan fingerprint density at radius 1 is 1.50 bits per heavy atom. The SMILES string of the molecule is [NH2][Hf][c]1ccccn1. The fraction of sp³-hybridized carbons (Fsp3) is 0. The second-order valence-corrected chi connectivity index (χ2v) is 4.24. The third-order valence-corrected chi connectivity index (χ3v) is 2.94. The molecule has 0 aromatic carbocycles. The van der Waals surface area contributed by atoms with Gasteiger partial charge in [0.25, 0.3) is 0 Å². The molecule has 0 bridgehead atoms. The first-order chi connectivity index (χ1) is 3.93. The minimum atomic E-state index is -0.939. The van der Waals surface area contributed by atoms with Crippen molar-refractivity contribution in [3.8, 4) is 0 Å². The van der Waals surface area contributed by atoms with Gasteiger partial charge in [-0.05, 0) is 0 Å². The van der Waals surface area contributed by atoms with Gasteiger partial charge in [-0.1, -0.05) is 0 Å². The predicted octanol–water partition coefficient (Wildman–Crippen LogP) is -0.337. The number of aromatic nitrogens is 1. The minimum absolute atomic E-state index is 0.939. The molecule has 3 heteroatoms. The summed E-state index contributed by atoms with van der Waals surface area (Å²) < 4.78 is 6.61. The molecule has 1 heterocycles. The Balaban J connectivity index is 2.83. The van der Waals surface area contributed by atoms with Crippen molar-refractivity contribution in [2.75, 3.05) is 0 Å². The molecule has 0 aliphatic rings. The average Bonchev–Trinajstić information content (AvgIpc) is 1.90. The summed E-state index contributed by atoms with van der Waals surface area (Å²) >= 11 is -0.939. The first-order valence-electron chi connectivity index (χ1n) is 2.31. The summed E-state index contributed by atoms with van der Waals surface area (Å²) in [5.74, 6) is 0. The van der Waals surface area contributed by atoms with E-state index in [9.17, 15) is 0 Å². The molecule has 0 aliphatic heterocycles. The number of nitrogens with two attached hydrogens (primary N) is 1. The number of rotatable bonds is 1. The Morgan fingerprint density at radius 2 is 2.38 bits per heavy atom. The van der Waals surface area contributed by atoms with Gasteiger partial charge in [-0.3, -0.25) is 0 Å². The van der Waals surface area contributed by atoms with Crippen LogP contribution in [0.1, 0.15) is 0 Å². The monoisotopic (exact) mass is 274 g/mol. The van der Waals surface area contributed by atoms with Crippen LogP contribution in [-0.4, -0.2) is 4.98 Å². The van der Waals surface area contributed by atoms with Crippen molar-refractivity contribution >= 4 is 3.45 Å². The van der Waals surface area contributed by atoms with Crippen LogP contribution in [-0.2, 0) is 23.2 Å². The Bertz CT molecular complexity index is 152. The van der Waals surface area contributed by atoms with E-state index in [1.54, 1.807) is 6.20 Å². The summed E-state index contributed by atoms with van der Waals surface area (Å²) in [6.45, 7) is 0. The van der Waals surface area contributed by atoms with Crippen LogP contribution < -0.4 is 7.17 Å². The molecule has 0 unspecified atom stereocenters. The van der Waals surface area contributed by atoms with Crippen LogP contribution in [0.25, 0.3) is 0 Å². The van der Waals surface area contributed by atoms with E-state index in [4.69, 9.17) is 3.72 Å². The summed E-state index contributed by atoms with van der Waals surface area (Å²) in [4.78, 5) is 4.06. The number of nitrogens with zero attached hydrogens (tertiary/aromatic N) is 1. The van der Waals surface area contributed by atoms with Crippen molar-refractivity contribution < 1.29 is 23.2 Å². The van der Waals surface area contributed by atoms with Crippen molar-refractivity contribution in [1.82, 2.24) is 4.98 Å². The number of pyridine rings is 1. The Kier molecular flexibility index (Phi) is 2.36. The van der Waals surface area contributed by atoms with Gasteiger partial charge in [0.2, 0.25) is 0 Å². The fourth-order valence-electron chi connectivity index (χ4n) is 0.448. The van der Waals surface area contributed by atoms with Gasteiger partial charge in [0.05, 0.1) is 0 Å². The molecule has 1 aromatic rings. The van der Waals surface area contributed by atoms with Crippen LogP contribution in [0, 0.1) is 0 Å². The second kappa shape index (κ2) is 3.10. The molecule has 0 aliphatic carbocycles. The molecule has 0 radical (unpaired) electrons. The molecular formula is C5H6HfN2. The van der Waals surface area contributed by atoms with E-state index in [1.165, 1.54) is 0 Å². The normalized spacial score (nSPS) is 8.62. The third-order valence-electron chi connectivity index (χ3n) is 0.813. The van der Waals surface area contributed by atoms with Crippen LogP contribution in [0.3, 0.4) is 0 Å². The summed E-state index contributed by atoms with van der Waals surface area (Å²) in [7, 11) is 0. The van der Waals surface area contributed by atoms with Crippen LogP contribution >= 0.6 is 0 Å². The van der Waals surface area contributed by atoms with Gasteiger partial charge in [-0.15, -0.1) is 0 Å². The fourth-order valence-corrected chi connectivity index (χ4v) is 1.68. The van der Waals surface area contributed by atoms with E-state index < -0.39 is 23.2 Å².